The number of carbonyl (C=O) groups is 1. The van der Waals surface area contributed by atoms with Crippen molar-refractivity contribution in [3.8, 4) is 5.88 Å². The Labute approximate surface area is 148 Å². The SMILES string of the molecule is Cc1ccc(OCCN2CCN(C(=O)NC3CCOCC3)CC2)nn1. The van der Waals surface area contributed by atoms with Crippen molar-refractivity contribution in [3.05, 3.63) is 17.8 Å². The number of ether oxygens (including phenoxy) is 2. The van der Waals surface area contributed by atoms with Crippen LogP contribution in [0.2, 0.25) is 0 Å². The minimum atomic E-state index is 0.0535. The van der Waals surface area contributed by atoms with Gasteiger partial charge >= 0.3 is 6.03 Å². The van der Waals surface area contributed by atoms with E-state index in [1.165, 1.54) is 0 Å². The third-order valence-electron chi connectivity index (χ3n) is 4.64. The maximum absolute atomic E-state index is 12.3. The highest BCUT2D eigenvalue weighted by atomic mass is 16.5. The van der Waals surface area contributed by atoms with Crippen LogP contribution >= 0.6 is 0 Å². The predicted octanol–water partition coefficient (Wildman–Crippen LogP) is 0.670. The molecule has 25 heavy (non-hydrogen) atoms. The van der Waals surface area contributed by atoms with Gasteiger partial charge in [0.1, 0.15) is 6.61 Å². The molecule has 8 heteroatoms. The second-order valence-electron chi connectivity index (χ2n) is 6.53. The van der Waals surface area contributed by atoms with Gasteiger partial charge in [-0.3, -0.25) is 4.90 Å². The van der Waals surface area contributed by atoms with E-state index in [1.807, 2.05) is 24.0 Å². The van der Waals surface area contributed by atoms with Gasteiger partial charge in [0.25, 0.3) is 0 Å². The molecule has 1 aromatic heterocycles. The van der Waals surface area contributed by atoms with Gasteiger partial charge in [-0.25, -0.2) is 4.79 Å². The summed E-state index contributed by atoms with van der Waals surface area (Å²) in [5, 5.41) is 11.1. The molecule has 1 aromatic rings. The topological polar surface area (TPSA) is 79.8 Å². The minimum absolute atomic E-state index is 0.0535. The molecular formula is C17H27N5O3. The first-order valence-corrected chi connectivity index (χ1v) is 8.99. The zero-order chi connectivity index (χ0) is 17.5. The first-order chi connectivity index (χ1) is 12.2. The van der Waals surface area contributed by atoms with Crippen molar-refractivity contribution in [2.75, 3.05) is 52.5 Å². The fourth-order valence-electron chi connectivity index (χ4n) is 3.03. The summed E-state index contributed by atoms with van der Waals surface area (Å²) in [5.41, 5.74) is 0.877. The van der Waals surface area contributed by atoms with Gasteiger partial charge in [-0.05, 0) is 25.8 Å². The van der Waals surface area contributed by atoms with Gasteiger partial charge in [0.05, 0.1) is 5.69 Å². The summed E-state index contributed by atoms with van der Waals surface area (Å²) >= 11 is 0. The van der Waals surface area contributed by atoms with Crippen molar-refractivity contribution in [3.63, 3.8) is 0 Å². The molecule has 0 bridgehead atoms. The van der Waals surface area contributed by atoms with Gasteiger partial charge in [0.15, 0.2) is 0 Å². The molecule has 2 aliphatic rings. The number of carbonyl (C=O) groups excluding carboxylic acids is 1. The molecule has 2 aliphatic heterocycles. The van der Waals surface area contributed by atoms with E-state index in [-0.39, 0.29) is 12.1 Å². The van der Waals surface area contributed by atoms with Gasteiger partial charge in [-0.2, -0.15) is 5.10 Å². The number of hydrogen-bond acceptors (Lipinski definition) is 6. The average molecular weight is 349 g/mol. The van der Waals surface area contributed by atoms with E-state index < -0.39 is 0 Å². The first-order valence-electron chi connectivity index (χ1n) is 8.99. The second-order valence-corrected chi connectivity index (χ2v) is 6.53. The van der Waals surface area contributed by atoms with Crippen LogP contribution in [0.1, 0.15) is 18.5 Å². The summed E-state index contributed by atoms with van der Waals surface area (Å²) in [6, 6.07) is 4.03. The Hall–Kier alpha value is -1.93. The van der Waals surface area contributed by atoms with E-state index >= 15 is 0 Å². The van der Waals surface area contributed by atoms with Crippen molar-refractivity contribution in [2.24, 2.45) is 0 Å². The lowest BCUT2D eigenvalue weighted by atomic mass is 10.1. The Kier molecular flexibility index (Phi) is 6.41. The van der Waals surface area contributed by atoms with Crippen molar-refractivity contribution < 1.29 is 14.3 Å². The Bertz CT molecular complexity index is 540. The smallest absolute Gasteiger partial charge is 0.317 e. The van der Waals surface area contributed by atoms with Crippen LogP contribution in [-0.4, -0.2) is 84.6 Å². The highest BCUT2D eigenvalue weighted by Crippen LogP contribution is 2.09. The molecular weight excluding hydrogens is 322 g/mol. The molecule has 3 rings (SSSR count). The minimum Gasteiger partial charge on any atom is -0.475 e. The molecule has 0 aliphatic carbocycles. The maximum Gasteiger partial charge on any atom is 0.317 e. The van der Waals surface area contributed by atoms with E-state index in [4.69, 9.17) is 9.47 Å². The van der Waals surface area contributed by atoms with Crippen molar-refractivity contribution in [2.45, 2.75) is 25.8 Å². The number of hydrogen-bond donors (Lipinski definition) is 1. The zero-order valence-electron chi connectivity index (χ0n) is 14.8. The quantitative estimate of drug-likeness (QED) is 0.842. The molecule has 0 spiro atoms. The summed E-state index contributed by atoms with van der Waals surface area (Å²) in [7, 11) is 0. The van der Waals surface area contributed by atoms with Crippen molar-refractivity contribution in [1.82, 2.24) is 25.3 Å². The lowest BCUT2D eigenvalue weighted by Gasteiger charge is -2.35. The average Bonchev–Trinajstić information content (AvgIpc) is 2.65. The Morgan fingerprint density at radius 2 is 2.00 bits per heavy atom. The van der Waals surface area contributed by atoms with E-state index in [0.717, 1.165) is 64.5 Å². The van der Waals surface area contributed by atoms with Crippen molar-refractivity contribution >= 4 is 6.03 Å². The van der Waals surface area contributed by atoms with Crippen LogP contribution in [0.4, 0.5) is 4.79 Å². The number of nitrogens with one attached hydrogen (secondary N) is 1. The van der Waals surface area contributed by atoms with Crippen LogP contribution in [0.25, 0.3) is 0 Å². The number of piperazine rings is 1. The molecule has 0 radical (unpaired) electrons. The molecule has 0 saturated carbocycles. The number of aromatic nitrogens is 2. The van der Waals surface area contributed by atoms with E-state index in [2.05, 4.69) is 20.4 Å². The third kappa shape index (κ3) is 5.54. The van der Waals surface area contributed by atoms with Crippen LogP contribution in [-0.2, 0) is 4.74 Å². The number of urea groups is 1. The Balaban J connectivity index is 1.32. The molecule has 3 heterocycles. The zero-order valence-corrected chi connectivity index (χ0v) is 14.8. The number of rotatable bonds is 5. The maximum atomic E-state index is 12.3. The van der Waals surface area contributed by atoms with Gasteiger partial charge < -0.3 is 19.7 Å². The van der Waals surface area contributed by atoms with Crippen LogP contribution < -0.4 is 10.1 Å². The highest BCUT2D eigenvalue weighted by Gasteiger charge is 2.23. The molecule has 8 nitrogen and oxygen atoms in total. The lowest BCUT2D eigenvalue weighted by Crippen LogP contribution is -2.54. The number of amides is 2. The fraction of sp³-hybridized carbons (Fsp3) is 0.706. The second kappa shape index (κ2) is 8.96. The van der Waals surface area contributed by atoms with E-state index in [9.17, 15) is 4.79 Å². The number of aryl methyl sites for hydroxylation is 1. The number of nitrogens with zero attached hydrogens (tertiary/aromatic N) is 4. The van der Waals surface area contributed by atoms with Crippen molar-refractivity contribution in [1.29, 1.82) is 0 Å². The lowest BCUT2D eigenvalue weighted by molar-refractivity contribution is 0.0755. The third-order valence-corrected chi connectivity index (χ3v) is 4.64. The predicted molar refractivity (Wildman–Crippen MR) is 92.6 cm³/mol. The van der Waals surface area contributed by atoms with Crippen LogP contribution in [0.15, 0.2) is 12.1 Å². The van der Waals surface area contributed by atoms with Gasteiger partial charge in [-0.15, -0.1) is 5.10 Å². The standard InChI is InChI=1S/C17H27N5O3/c1-14-2-3-16(20-19-14)25-13-10-21-6-8-22(9-7-21)17(23)18-15-4-11-24-12-5-15/h2-3,15H,4-13H2,1H3,(H,18,23). The van der Waals surface area contributed by atoms with E-state index in [0.29, 0.717) is 12.5 Å². The highest BCUT2D eigenvalue weighted by molar-refractivity contribution is 5.74. The molecule has 2 amide bonds. The monoisotopic (exact) mass is 349 g/mol. The van der Waals surface area contributed by atoms with Crippen LogP contribution in [0.3, 0.4) is 0 Å². The normalized spacial score (nSPS) is 19.6. The Morgan fingerprint density at radius 1 is 1.24 bits per heavy atom. The summed E-state index contributed by atoms with van der Waals surface area (Å²) in [6.45, 7) is 8.01. The van der Waals surface area contributed by atoms with Gasteiger partial charge in [0.2, 0.25) is 5.88 Å². The summed E-state index contributed by atoms with van der Waals surface area (Å²) in [4.78, 5) is 16.5. The Morgan fingerprint density at radius 3 is 2.68 bits per heavy atom. The van der Waals surface area contributed by atoms with Gasteiger partial charge in [0, 0.05) is 58.0 Å². The molecule has 0 aromatic carbocycles. The molecule has 2 fully saturated rings. The molecule has 0 atom stereocenters. The summed E-state index contributed by atoms with van der Waals surface area (Å²) in [6.07, 6.45) is 1.82. The molecule has 2 saturated heterocycles. The fourth-order valence-corrected chi connectivity index (χ4v) is 3.03. The first kappa shape index (κ1) is 17.9. The van der Waals surface area contributed by atoms with Crippen LogP contribution in [0.5, 0.6) is 5.88 Å². The molecule has 138 valence electrons. The molecule has 1 N–H and O–H groups in total. The summed E-state index contributed by atoms with van der Waals surface area (Å²) in [5.74, 6) is 0.556. The largest absolute Gasteiger partial charge is 0.475 e. The molecule has 0 unspecified atom stereocenters. The van der Waals surface area contributed by atoms with Gasteiger partial charge in [-0.1, -0.05) is 0 Å². The van der Waals surface area contributed by atoms with E-state index in [1.54, 1.807) is 0 Å². The van der Waals surface area contributed by atoms with Crippen LogP contribution in [0, 0.1) is 6.92 Å². The summed E-state index contributed by atoms with van der Waals surface area (Å²) < 4.78 is 10.9.